The second-order valence-electron chi connectivity index (χ2n) is 6.60. The van der Waals surface area contributed by atoms with Gasteiger partial charge in [0.05, 0.1) is 19.1 Å². The number of amides is 3. The highest BCUT2D eigenvalue weighted by Gasteiger charge is 2.26. The number of nitrogens with one attached hydrogen (secondary N) is 2. The van der Waals surface area contributed by atoms with Gasteiger partial charge in [-0.2, -0.15) is 0 Å². The molecule has 0 saturated carbocycles. The molecule has 0 radical (unpaired) electrons. The predicted molar refractivity (Wildman–Crippen MR) is 104 cm³/mol. The number of aryl methyl sites for hydroxylation is 1. The minimum atomic E-state index is -0.795. The Morgan fingerprint density at radius 2 is 1.83 bits per heavy atom. The average Bonchev–Trinajstić information content (AvgIpc) is 3.45. The van der Waals surface area contributed by atoms with Gasteiger partial charge in [0.15, 0.2) is 5.76 Å². The smallest absolute Gasteiger partial charge is 0.313 e. The molecule has 0 saturated heterocycles. The first-order chi connectivity index (χ1) is 14.1. The maximum atomic E-state index is 12.7. The molecule has 4 rings (SSSR count). The fourth-order valence-corrected chi connectivity index (χ4v) is 3.25. The Kier molecular flexibility index (Phi) is 5.15. The van der Waals surface area contributed by atoms with Gasteiger partial charge >= 0.3 is 11.8 Å². The van der Waals surface area contributed by atoms with Gasteiger partial charge in [0.25, 0.3) is 5.91 Å². The summed E-state index contributed by atoms with van der Waals surface area (Å²) in [5.74, 6) is -1.01. The zero-order valence-electron chi connectivity index (χ0n) is 15.5. The number of hydrogen-bond donors (Lipinski definition) is 2. The molecule has 3 amide bonds. The maximum Gasteiger partial charge on any atom is 0.313 e. The summed E-state index contributed by atoms with van der Waals surface area (Å²) in [6.45, 7) is 0.669. The number of benzene rings is 1. The molecule has 8 heteroatoms. The van der Waals surface area contributed by atoms with E-state index in [0.29, 0.717) is 23.7 Å². The molecule has 3 aromatic rings. The molecule has 0 aliphatic carbocycles. The van der Waals surface area contributed by atoms with Crippen LogP contribution in [0.4, 0.5) is 11.4 Å². The van der Waals surface area contributed by atoms with Gasteiger partial charge in [-0.05, 0) is 54.8 Å². The lowest BCUT2D eigenvalue weighted by molar-refractivity contribution is -0.136. The Balaban J connectivity index is 1.46. The second-order valence-corrected chi connectivity index (χ2v) is 6.60. The lowest BCUT2D eigenvalue weighted by atomic mass is 10.0. The number of nitrogens with zero attached hydrogens (tertiary/aromatic N) is 1. The number of fused-ring (bicyclic) bond motifs is 1. The Morgan fingerprint density at radius 1 is 1.00 bits per heavy atom. The summed E-state index contributed by atoms with van der Waals surface area (Å²) in [6.07, 6.45) is 4.61. The van der Waals surface area contributed by atoms with E-state index in [1.165, 1.54) is 12.5 Å². The minimum absolute atomic E-state index is 0.120. The summed E-state index contributed by atoms with van der Waals surface area (Å²) < 4.78 is 10.3. The fraction of sp³-hybridized carbons (Fsp3) is 0.190. The van der Waals surface area contributed by atoms with Crippen molar-refractivity contribution in [2.24, 2.45) is 0 Å². The lowest BCUT2D eigenvalue weighted by Gasteiger charge is -2.29. The van der Waals surface area contributed by atoms with Gasteiger partial charge < -0.3 is 24.4 Å². The molecule has 3 heterocycles. The van der Waals surface area contributed by atoms with E-state index in [2.05, 4.69) is 10.6 Å². The van der Waals surface area contributed by atoms with Gasteiger partial charge in [0, 0.05) is 17.9 Å². The molecule has 2 N–H and O–H groups in total. The van der Waals surface area contributed by atoms with Crippen molar-refractivity contribution in [3.8, 4) is 0 Å². The topological polar surface area (TPSA) is 105 Å². The number of furan rings is 2. The normalized spacial score (nSPS) is 12.9. The summed E-state index contributed by atoms with van der Waals surface area (Å²) in [5.41, 5.74) is 2.13. The quantitative estimate of drug-likeness (QED) is 0.663. The molecule has 1 aliphatic rings. The highest BCUT2D eigenvalue weighted by Crippen LogP contribution is 2.31. The van der Waals surface area contributed by atoms with Crippen LogP contribution in [0.15, 0.2) is 63.8 Å². The van der Waals surface area contributed by atoms with Gasteiger partial charge in [0.2, 0.25) is 0 Å². The number of anilines is 2. The highest BCUT2D eigenvalue weighted by molar-refractivity contribution is 6.39. The monoisotopic (exact) mass is 393 g/mol. The third-order valence-corrected chi connectivity index (χ3v) is 4.65. The molecule has 1 aliphatic heterocycles. The summed E-state index contributed by atoms with van der Waals surface area (Å²) in [5, 5.41) is 5.06. The fourth-order valence-electron chi connectivity index (χ4n) is 3.25. The molecule has 0 atom stereocenters. The number of hydrogen-bond acceptors (Lipinski definition) is 5. The van der Waals surface area contributed by atoms with Gasteiger partial charge in [-0.15, -0.1) is 0 Å². The lowest BCUT2D eigenvalue weighted by Crippen LogP contribution is -2.36. The van der Waals surface area contributed by atoms with E-state index in [9.17, 15) is 14.4 Å². The molecule has 29 heavy (non-hydrogen) atoms. The van der Waals surface area contributed by atoms with Crippen molar-refractivity contribution >= 4 is 29.1 Å². The molecule has 1 aromatic carbocycles. The zero-order chi connectivity index (χ0) is 20.2. The van der Waals surface area contributed by atoms with Gasteiger partial charge in [-0.3, -0.25) is 14.4 Å². The Bertz CT molecular complexity index is 1020. The van der Waals surface area contributed by atoms with Crippen molar-refractivity contribution in [1.82, 2.24) is 5.32 Å². The molecular weight excluding hydrogens is 374 g/mol. The zero-order valence-corrected chi connectivity index (χ0v) is 15.5. The van der Waals surface area contributed by atoms with Gasteiger partial charge in [0.1, 0.15) is 5.76 Å². The maximum absolute atomic E-state index is 12.7. The summed E-state index contributed by atoms with van der Waals surface area (Å²) in [4.78, 5) is 38.6. The van der Waals surface area contributed by atoms with E-state index in [-0.39, 0.29) is 18.2 Å². The van der Waals surface area contributed by atoms with E-state index in [0.717, 1.165) is 18.4 Å². The molecular formula is C21H19N3O5. The van der Waals surface area contributed by atoms with E-state index in [4.69, 9.17) is 8.83 Å². The van der Waals surface area contributed by atoms with E-state index < -0.39 is 11.8 Å². The number of rotatable bonds is 4. The van der Waals surface area contributed by atoms with Crippen LogP contribution in [-0.2, 0) is 22.6 Å². The van der Waals surface area contributed by atoms with E-state index >= 15 is 0 Å². The SMILES string of the molecule is O=C(NCc1ccco1)C(=O)Nc1ccc2c(c1)N(C(=O)c1ccco1)CCC2. The predicted octanol–water partition coefficient (Wildman–Crippen LogP) is 2.72. The van der Waals surface area contributed by atoms with E-state index in [1.807, 2.05) is 6.07 Å². The molecule has 0 spiro atoms. The first-order valence-electron chi connectivity index (χ1n) is 9.21. The van der Waals surface area contributed by atoms with E-state index in [1.54, 1.807) is 41.3 Å². The Morgan fingerprint density at radius 3 is 2.59 bits per heavy atom. The summed E-state index contributed by atoms with van der Waals surface area (Å²) in [6, 6.07) is 12.0. The molecule has 0 bridgehead atoms. The van der Waals surface area contributed by atoms with Crippen LogP contribution in [-0.4, -0.2) is 24.3 Å². The summed E-state index contributed by atoms with van der Waals surface area (Å²) in [7, 11) is 0. The average molecular weight is 393 g/mol. The van der Waals surface area contributed by atoms with Crippen LogP contribution in [0.2, 0.25) is 0 Å². The molecule has 0 unspecified atom stereocenters. The van der Waals surface area contributed by atoms with Crippen LogP contribution in [0.25, 0.3) is 0 Å². The first-order valence-corrected chi connectivity index (χ1v) is 9.21. The standard InChI is InChI=1S/C21H19N3O5/c25-19(22-13-16-5-2-10-28-16)20(26)23-15-8-7-14-4-1-9-24(17(14)12-15)21(27)18-6-3-11-29-18/h2-3,5-8,10-12H,1,4,9,13H2,(H,22,25)(H,23,26). The molecule has 8 nitrogen and oxygen atoms in total. The van der Waals surface area contributed by atoms with Crippen LogP contribution in [0.5, 0.6) is 0 Å². The van der Waals surface area contributed by atoms with Crippen LogP contribution >= 0.6 is 0 Å². The van der Waals surface area contributed by atoms with Crippen molar-refractivity contribution < 1.29 is 23.2 Å². The van der Waals surface area contributed by atoms with Crippen molar-refractivity contribution in [1.29, 1.82) is 0 Å². The van der Waals surface area contributed by atoms with Crippen molar-refractivity contribution in [2.75, 3.05) is 16.8 Å². The first kappa shape index (κ1) is 18.5. The minimum Gasteiger partial charge on any atom is -0.467 e. The van der Waals surface area contributed by atoms with Crippen molar-refractivity contribution in [3.63, 3.8) is 0 Å². The Labute approximate surface area is 166 Å². The number of carbonyl (C=O) groups excluding carboxylic acids is 3. The third-order valence-electron chi connectivity index (χ3n) is 4.65. The molecule has 0 fully saturated rings. The second kappa shape index (κ2) is 8.05. The van der Waals surface area contributed by atoms with Crippen LogP contribution < -0.4 is 15.5 Å². The van der Waals surface area contributed by atoms with Gasteiger partial charge in [-0.1, -0.05) is 6.07 Å². The van der Waals surface area contributed by atoms with Gasteiger partial charge in [-0.25, -0.2) is 0 Å². The van der Waals surface area contributed by atoms with Crippen LogP contribution in [0.1, 0.15) is 28.3 Å². The summed E-state index contributed by atoms with van der Waals surface area (Å²) >= 11 is 0. The van der Waals surface area contributed by atoms with Crippen LogP contribution in [0.3, 0.4) is 0 Å². The third kappa shape index (κ3) is 4.06. The molecule has 2 aromatic heterocycles. The Hall–Kier alpha value is -3.81. The largest absolute Gasteiger partial charge is 0.467 e. The number of carbonyl (C=O) groups is 3. The van der Waals surface area contributed by atoms with Crippen LogP contribution in [0, 0.1) is 0 Å². The molecule has 148 valence electrons. The highest BCUT2D eigenvalue weighted by atomic mass is 16.3. The van der Waals surface area contributed by atoms with Crippen molar-refractivity contribution in [3.05, 3.63) is 72.1 Å². The van der Waals surface area contributed by atoms with Crippen molar-refractivity contribution in [2.45, 2.75) is 19.4 Å².